The molecule has 1 heterocycles. The number of aromatic nitrogens is 1. The summed E-state index contributed by atoms with van der Waals surface area (Å²) < 4.78 is 11.4. The zero-order chi connectivity index (χ0) is 15.1. The van der Waals surface area contributed by atoms with E-state index in [1.54, 1.807) is 7.11 Å². The Hall–Kier alpha value is -0.840. The summed E-state index contributed by atoms with van der Waals surface area (Å²) in [6, 6.07) is 3.71. The fraction of sp³-hybridized carbons (Fsp3) is 0.688. The van der Waals surface area contributed by atoms with Gasteiger partial charge in [-0.15, -0.1) is 0 Å². The van der Waals surface area contributed by atoms with Crippen molar-refractivity contribution in [2.24, 2.45) is 0 Å². The van der Waals surface area contributed by atoms with E-state index < -0.39 is 0 Å². The molecule has 0 spiro atoms. The van der Waals surface area contributed by atoms with Crippen LogP contribution in [0.5, 0.6) is 5.88 Å². The van der Waals surface area contributed by atoms with Crippen LogP contribution in [0.15, 0.2) is 12.1 Å². The molecule has 0 radical (unpaired) electrons. The standard InChI is InChI=1S/C16H25ClN2O2/c1-3-9-18-11-15-14(17)7-8-16(19-15)21-13-6-4-5-12(10-13)20-2/h7-8,12-13,18H,3-6,9-11H2,1-2H3. The molecular formula is C16H25ClN2O2. The number of nitrogens with one attached hydrogen (secondary N) is 1. The van der Waals surface area contributed by atoms with Crippen molar-refractivity contribution in [3.05, 3.63) is 22.8 Å². The zero-order valence-electron chi connectivity index (χ0n) is 12.9. The fourth-order valence-electron chi connectivity index (χ4n) is 2.63. The predicted molar refractivity (Wildman–Crippen MR) is 84.9 cm³/mol. The molecule has 1 aliphatic rings. The molecule has 1 N–H and O–H groups in total. The first-order valence-corrected chi connectivity index (χ1v) is 8.16. The van der Waals surface area contributed by atoms with E-state index >= 15 is 0 Å². The Morgan fingerprint density at radius 2 is 2.14 bits per heavy atom. The molecule has 0 amide bonds. The summed E-state index contributed by atoms with van der Waals surface area (Å²) in [6.45, 7) is 3.77. The van der Waals surface area contributed by atoms with Crippen LogP contribution in [0.2, 0.25) is 5.02 Å². The second-order valence-electron chi connectivity index (χ2n) is 5.52. The number of hydrogen-bond donors (Lipinski definition) is 1. The highest BCUT2D eigenvalue weighted by atomic mass is 35.5. The lowest BCUT2D eigenvalue weighted by Gasteiger charge is -2.28. The maximum absolute atomic E-state index is 6.19. The molecule has 2 atom stereocenters. The van der Waals surface area contributed by atoms with Crippen molar-refractivity contribution in [2.75, 3.05) is 13.7 Å². The van der Waals surface area contributed by atoms with E-state index in [-0.39, 0.29) is 6.10 Å². The molecule has 21 heavy (non-hydrogen) atoms. The molecule has 1 aliphatic carbocycles. The van der Waals surface area contributed by atoms with Crippen LogP contribution in [0, 0.1) is 0 Å². The molecule has 0 bridgehead atoms. The first-order valence-electron chi connectivity index (χ1n) is 7.78. The molecule has 0 saturated heterocycles. The number of ether oxygens (including phenoxy) is 2. The van der Waals surface area contributed by atoms with E-state index in [1.165, 1.54) is 0 Å². The fourth-order valence-corrected chi connectivity index (χ4v) is 2.80. The van der Waals surface area contributed by atoms with Crippen molar-refractivity contribution in [1.29, 1.82) is 0 Å². The highest BCUT2D eigenvalue weighted by Gasteiger charge is 2.23. The molecule has 5 heteroatoms. The Morgan fingerprint density at radius 3 is 2.90 bits per heavy atom. The molecule has 2 unspecified atom stereocenters. The third-order valence-corrected chi connectivity index (χ3v) is 4.16. The van der Waals surface area contributed by atoms with Crippen LogP contribution in [-0.2, 0) is 11.3 Å². The highest BCUT2D eigenvalue weighted by Crippen LogP contribution is 2.25. The van der Waals surface area contributed by atoms with Gasteiger partial charge in [-0.25, -0.2) is 4.98 Å². The summed E-state index contributed by atoms with van der Waals surface area (Å²) in [7, 11) is 1.77. The van der Waals surface area contributed by atoms with Crippen LogP contribution in [0.3, 0.4) is 0 Å². The van der Waals surface area contributed by atoms with Gasteiger partial charge < -0.3 is 14.8 Å². The monoisotopic (exact) mass is 312 g/mol. The Morgan fingerprint density at radius 1 is 1.33 bits per heavy atom. The molecule has 0 aliphatic heterocycles. The second-order valence-corrected chi connectivity index (χ2v) is 5.93. The van der Waals surface area contributed by atoms with Crippen molar-refractivity contribution in [1.82, 2.24) is 10.3 Å². The van der Waals surface area contributed by atoms with Gasteiger partial charge in [-0.05, 0) is 38.3 Å². The first kappa shape index (κ1) is 16.5. The van der Waals surface area contributed by atoms with E-state index in [4.69, 9.17) is 21.1 Å². The van der Waals surface area contributed by atoms with Crippen molar-refractivity contribution < 1.29 is 9.47 Å². The molecule has 2 rings (SSSR count). The Kier molecular flexibility index (Phi) is 6.74. The topological polar surface area (TPSA) is 43.4 Å². The van der Waals surface area contributed by atoms with Crippen LogP contribution in [0.4, 0.5) is 0 Å². The number of rotatable bonds is 7. The minimum atomic E-state index is 0.189. The average Bonchev–Trinajstić information content (AvgIpc) is 2.51. The molecule has 0 aromatic carbocycles. The maximum Gasteiger partial charge on any atom is 0.213 e. The Balaban J connectivity index is 1.94. The van der Waals surface area contributed by atoms with Crippen LogP contribution in [-0.4, -0.2) is 30.8 Å². The van der Waals surface area contributed by atoms with Gasteiger partial charge >= 0.3 is 0 Å². The lowest BCUT2D eigenvalue weighted by Crippen LogP contribution is -2.29. The lowest BCUT2D eigenvalue weighted by molar-refractivity contribution is 0.0194. The van der Waals surface area contributed by atoms with Gasteiger partial charge in [0, 0.05) is 26.1 Å². The summed E-state index contributed by atoms with van der Waals surface area (Å²) in [5.74, 6) is 0.662. The highest BCUT2D eigenvalue weighted by molar-refractivity contribution is 6.31. The quantitative estimate of drug-likeness (QED) is 0.782. The second kappa shape index (κ2) is 8.57. The average molecular weight is 313 g/mol. The normalized spacial score (nSPS) is 22.2. The third kappa shape index (κ3) is 5.13. The van der Waals surface area contributed by atoms with E-state index in [0.29, 0.717) is 23.6 Å². The maximum atomic E-state index is 6.19. The third-order valence-electron chi connectivity index (χ3n) is 3.81. The summed E-state index contributed by atoms with van der Waals surface area (Å²) >= 11 is 6.19. The van der Waals surface area contributed by atoms with E-state index in [9.17, 15) is 0 Å². The van der Waals surface area contributed by atoms with Crippen LogP contribution >= 0.6 is 11.6 Å². The Bertz CT molecular complexity index is 442. The van der Waals surface area contributed by atoms with Crippen molar-refractivity contribution in [2.45, 2.75) is 57.8 Å². The van der Waals surface area contributed by atoms with Gasteiger partial charge in [-0.2, -0.15) is 0 Å². The van der Waals surface area contributed by atoms with E-state index in [2.05, 4.69) is 17.2 Å². The molecule has 118 valence electrons. The zero-order valence-corrected chi connectivity index (χ0v) is 13.7. The predicted octanol–water partition coefficient (Wildman–Crippen LogP) is 3.57. The Labute approximate surface area is 132 Å². The van der Waals surface area contributed by atoms with Crippen molar-refractivity contribution in [3.8, 4) is 5.88 Å². The molecule has 4 nitrogen and oxygen atoms in total. The van der Waals surface area contributed by atoms with E-state index in [0.717, 1.165) is 44.3 Å². The van der Waals surface area contributed by atoms with E-state index in [1.807, 2.05) is 12.1 Å². The van der Waals surface area contributed by atoms with Gasteiger partial charge in [-0.3, -0.25) is 0 Å². The molecule has 1 saturated carbocycles. The van der Waals surface area contributed by atoms with Gasteiger partial charge in [0.05, 0.1) is 16.8 Å². The number of pyridine rings is 1. The minimum Gasteiger partial charge on any atom is -0.474 e. The van der Waals surface area contributed by atoms with Crippen molar-refractivity contribution >= 4 is 11.6 Å². The molecule has 1 fully saturated rings. The number of methoxy groups -OCH3 is 1. The van der Waals surface area contributed by atoms with Gasteiger partial charge in [0.15, 0.2) is 0 Å². The number of nitrogens with zero attached hydrogens (tertiary/aromatic N) is 1. The smallest absolute Gasteiger partial charge is 0.213 e. The SMILES string of the molecule is CCCNCc1nc(OC2CCCC(OC)C2)ccc1Cl. The van der Waals surface area contributed by atoms with Crippen LogP contribution in [0.25, 0.3) is 0 Å². The van der Waals surface area contributed by atoms with Crippen LogP contribution in [0.1, 0.15) is 44.7 Å². The molecular weight excluding hydrogens is 288 g/mol. The summed E-state index contributed by atoms with van der Waals surface area (Å²) in [5.41, 5.74) is 0.849. The largest absolute Gasteiger partial charge is 0.474 e. The summed E-state index contributed by atoms with van der Waals surface area (Å²) in [4.78, 5) is 4.53. The van der Waals surface area contributed by atoms with Gasteiger partial charge in [-0.1, -0.05) is 18.5 Å². The van der Waals surface area contributed by atoms with Gasteiger partial charge in [0.2, 0.25) is 5.88 Å². The van der Waals surface area contributed by atoms with Crippen molar-refractivity contribution in [3.63, 3.8) is 0 Å². The van der Waals surface area contributed by atoms with Crippen LogP contribution < -0.4 is 10.1 Å². The first-order chi connectivity index (χ1) is 10.2. The lowest BCUT2D eigenvalue weighted by atomic mass is 9.95. The summed E-state index contributed by atoms with van der Waals surface area (Å²) in [6.07, 6.45) is 5.85. The molecule has 1 aromatic heterocycles. The number of halogens is 1. The molecule has 1 aromatic rings. The number of hydrogen-bond acceptors (Lipinski definition) is 4. The van der Waals surface area contributed by atoms with Gasteiger partial charge in [0.1, 0.15) is 6.10 Å². The minimum absolute atomic E-state index is 0.189. The summed E-state index contributed by atoms with van der Waals surface area (Å²) in [5, 5.41) is 4.00. The van der Waals surface area contributed by atoms with Gasteiger partial charge in [0.25, 0.3) is 0 Å².